The summed E-state index contributed by atoms with van der Waals surface area (Å²) < 4.78 is 0. The van der Waals surface area contributed by atoms with Crippen molar-refractivity contribution < 1.29 is 0 Å². The Morgan fingerprint density at radius 1 is 1.19 bits per heavy atom. The fourth-order valence-electron chi connectivity index (χ4n) is 2.70. The van der Waals surface area contributed by atoms with Crippen molar-refractivity contribution in [3.8, 4) is 0 Å². The van der Waals surface area contributed by atoms with Crippen LogP contribution in [0.4, 0.5) is 5.82 Å². The van der Waals surface area contributed by atoms with Gasteiger partial charge in [-0.05, 0) is 23.6 Å². The number of fused-ring (bicyclic) bond motifs is 1. The Labute approximate surface area is 126 Å². The van der Waals surface area contributed by atoms with Crippen molar-refractivity contribution in [2.45, 2.75) is 32.9 Å². The molecule has 0 saturated heterocycles. The molecule has 4 nitrogen and oxygen atoms in total. The summed E-state index contributed by atoms with van der Waals surface area (Å²) in [6.45, 7) is 6.11. The van der Waals surface area contributed by atoms with Gasteiger partial charge in [0.1, 0.15) is 5.82 Å². The van der Waals surface area contributed by atoms with Crippen LogP contribution >= 0.6 is 0 Å². The van der Waals surface area contributed by atoms with E-state index >= 15 is 0 Å². The minimum absolute atomic E-state index is 0.900. The zero-order chi connectivity index (χ0) is 14.5. The van der Waals surface area contributed by atoms with Crippen molar-refractivity contribution in [1.29, 1.82) is 0 Å². The molecule has 0 unspecified atom stereocenters. The predicted molar refractivity (Wildman–Crippen MR) is 85.1 cm³/mol. The number of anilines is 1. The van der Waals surface area contributed by atoms with Gasteiger partial charge < -0.3 is 5.32 Å². The van der Waals surface area contributed by atoms with Crippen LogP contribution in [-0.4, -0.2) is 28.2 Å². The first-order valence-corrected chi connectivity index (χ1v) is 7.71. The molecule has 0 fully saturated rings. The molecular weight excluding hydrogens is 260 g/mol. The molecule has 0 saturated carbocycles. The summed E-state index contributed by atoms with van der Waals surface area (Å²) in [5.41, 5.74) is 3.83. The van der Waals surface area contributed by atoms with Crippen LogP contribution in [-0.2, 0) is 19.5 Å². The predicted octanol–water partition coefficient (Wildman–Crippen LogP) is 2.86. The monoisotopic (exact) mass is 282 g/mol. The van der Waals surface area contributed by atoms with E-state index < -0.39 is 0 Å². The maximum Gasteiger partial charge on any atom is 0.148 e. The van der Waals surface area contributed by atoms with Crippen LogP contribution in [0.5, 0.6) is 0 Å². The summed E-state index contributed by atoms with van der Waals surface area (Å²) in [6.07, 6.45) is 2.09. The molecule has 0 atom stereocenters. The first-order chi connectivity index (χ1) is 10.3. The molecule has 1 aliphatic rings. The van der Waals surface area contributed by atoms with Gasteiger partial charge in [0, 0.05) is 32.6 Å². The molecule has 21 heavy (non-hydrogen) atoms. The highest BCUT2D eigenvalue weighted by Gasteiger charge is 2.18. The van der Waals surface area contributed by atoms with E-state index in [1.807, 2.05) is 0 Å². The van der Waals surface area contributed by atoms with Crippen molar-refractivity contribution >= 4 is 5.82 Å². The van der Waals surface area contributed by atoms with Gasteiger partial charge in [0.2, 0.25) is 0 Å². The number of hydrogen-bond acceptors (Lipinski definition) is 4. The molecule has 0 spiro atoms. The Morgan fingerprint density at radius 2 is 2.05 bits per heavy atom. The lowest BCUT2D eigenvalue weighted by atomic mass is 10.1. The Kier molecular flexibility index (Phi) is 4.46. The third-order valence-corrected chi connectivity index (χ3v) is 3.82. The van der Waals surface area contributed by atoms with E-state index in [9.17, 15) is 0 Å². The SMILES string of the molecule is CCCNc1cc2c(nn1)CCN(Cc1ccccc1)C2. The number of rotatable bonds is 5. The van der Waals surface area contributed by atoms with Gasteiger partial charge in [0.15, 0.2) is 0 Å². The van der Waals surface area contributed by atoms with Gasteiger partial charge in [-0.2, -0.15) is 5.10 Å². The van der Waals surface area contributed by atoms with Crippen LogP contribution < -0.4 is 5.32 Å². The van der Waals surface area contributed by atoms with Crippen LogP contribution in [0.3, 0.4) is 0 Å². The second-order valence-corrected chi connectivity index (χ2v) is 5.57. The molecule has 0 radical (unpaired) electrons. The minimum Gasteiger partial charge on any atom is -0.369 e. The molecule has 1 N–H and O–H groups in total. The molecule has 4 heteroatoms. The van der Waals surface area contributed by atoms with Crippen LogP contribution in [0.25, 0.3) is 0 Å². The van der Waals surface area contributed by atoms with E-state index in [4.69, 9.17) is 0 Å². The number of benzene rings is 1. The second kappa shape index (κ2) is 6.68. The fourth-order valence-corrected chi connectivity index (χ4v) is 2.70. The van der Waals surface area contributed by atoms with Gasteiger partial charge in [0.25, 0.3) is 0 Å². The van der Waals surface area contributed by atoms with Gasteiger partial charge in [-0.15, -0.1) is 5.10 Å². The minimum atomic E-state index is 0.900. The standard InChI is InChI=1S/C17H22N4/c1-2-9-18-17-11-15-13-21(10-8-16(15)19-20-17)12-14-6-4-3-5-7-14/h3-7,11H,2,8-10,12-13H2,1H3,(H,18,20). The van der Waals surface area contributed by atoms with Crippen molar-refractivity contribution in [2.24, 2.45) is 0 Å². The lowest BCUT2D eigenvalue weighted by Gasteiger charge is -2.28. The second-order valence-electron chi connectivity index (χ2n) is 5.57. The normalized spacial score (nSPS) is 14.7. The molecule has 1 aromatic carbocycles. The van der Waals surface area contributed by atoms with E-state index in [2.05, 4.69) is 63.7 Å². The van der Waals surface area contributed by atoms with Gasteiger partial charge in [0.05, 0.1) is 5.69 Å². The average molecular weight is 282 g/mol. The topological polar surface area (TPSA) is 41.1 Å². The maximum atomic E-state index is 4.37. The molecule has 3 rings (SSSR count). The number of aromatic nitrogens is 2. The number of nitrogens with zero attached hydrogens (tertiary/aromatic N) is 3. The van der Waals surface area contributed by atoms with Crippen molar-refractivity contribution in [3.05, 3.63) is 53.2 Å². The Bertz CT molecular complexity index is 583. The quantitative estimate of drug-likeness (QED) is 0.915. The zero-order valence-electron chi connectivity index (χ0n) is 12.5. The van der Waals surface area contributed by atoms with Crippen LogP contribution in [0.15, 0.2) is 36.4 Å². The Hall–Kier alpha value is -1.94. The summed E-state index contributed by atoms with van der Waals surface area (Å²) in [7, 11) is 0. The van der Waals surface area contributed by atoms with Crippen molar-refractivity contribution in [2.75, 3.05) is 18.4 Å². The maximum absolute atomic E-state index is 4.37. The Morgan fingerprint density at radius 3 is 2.86 bits per heavy atom. The Balaban J connectivity index is 1.68. The summed E-state index contributed by atoms with van der Waals surface area (Å²) in [6, 6.07) is 12.8. The van der Waals surface area contributed by atoms with Crippen LogP contribution in [0.2, 0.25) is 0 Å². The fraction of sp³-hybridized carbons (Fsp3) is 0.412. The number of nitrogens with one attached hydrogen (secondary N) is 1. The summed E-state index contributed by atoms with van der Waals surface area (Å²) in [5.74, 6) is 0.900. The molecule has 110 valence electrons. The lowest BCUT2D eigenvalue weighted by Crippen LogP contribution is -2.31. The smallest absolute Gasteiger partial charge is 0.148 e. The summed E-state index contributed by atoms with van der Waals surface area (Å²) in [5, 5.41) is 12.0. The van der Waals surface area contributed by atoms with E-state index in [0.717, 1.165) is 50.5 Å². The molecule has 0 aliphatic carbocycles. The van der Waals surface area contributed by atoms with Gasteiger partial charge >= 0.3 is 0 Å². The van der Waals surface area contributed by atoms with E-state index in [1.54, 1.807) is 0 Å². The first-order valence-electron chi connectivity index (χ1n) is 7.71. The van der Waals surface area contributed by atoms with Gasteiger partial charge in [-0.3, -0.25) is 4.90 Å². The highest BCUT2D eigenvalue weighted by atomic mass is 15.2. The zero-order valence-corrected chi connectivity index (χ0v) is 12.5. The third kappa shape index (κ3) is 3.58. The molecule has 0 bridgehead atoms. The highest BCUT2D eigenvalue weighted by Crippen LogP contribution is 2.20. The molecule has 2 aromatic rings. The molecule has 1 aromatic heterocycles. The molecular formula is C17H22N4. The van der Waals surface area contributed by atoms with E-state index in [0.29, 0.717) is 0 Å². The average Bonchev–Trinajstić information content (AvgIpc) is 2.53. The van der Waals surface area contributed by atoms with E-state index in [-0.39, 0.29) is 0 Å². The van der Waals surface area contributed by atoms with Gasteiger partial charge in [-0.25, -0.2) is 0 Å². The van der Waals surface area contributed by atoms with Crippen molar-refractivity contribution in [3.63, 3.8) is 0 Å². The van der Waals surface area contributed by atoms with Crippen LogP contribution in [0.1, 0.15) is 30.2 Å². The first kappa shape index (κ1) is 14.0. The lowest BCUT2D eigenvalue weighted by molar-refractivity contribution is 0.242. The number of hydrogen-bond donors (Lipinski definition) is 1. The largest absolute Gasteiger partial charge is 0.369 e. The molecule has 2 heterocycles. The molecule has 0 amide bonds. The third-order valence-electron chi connectivity index (χ3n) is 3.82. The van der Waals surface area contributed by atoms with Gasteiger partial charge in [-0.1, -0.05) is 37.3 Å². The van der Waals surface area contributed by atoms with E-state index in [1.165, 1.54) is 11.1 Å². The van der Waals surface area contributed by atoms with Crippen molar-refractivity contribution in [1.82, 2.24) is 15.1 Å². The highest BCUT2D eigenvalue weighted by molar-refractivity contribution is 5.39. The summed E-state index contributed by atoms with van der Waals surface area (Å²) in [4.78, 5) is 2.48. The molecule has 1 aliphatic heterocycles. The van der Waals surface area contributed by atoms with Crippen LogP contribution in [0, 0.1) is 0 Å². The summed E-state index contributed by atoms with van der Waals surface area (Å²) >= 11 is 0.